The molecule has 0 saturated heterocycles. The summed E-state index contributed by atoms with van der Waals surface area (Å²) in [6.07, 6.45) is 0. The van der Waals surface area contributed by atoms with Gasteiger partial charge in [-0.3, -0.25) is 4.79 Å². The number of fused-ring (bicyclic) bond motifs is 1. The number of methoxy groups -OCH3 is 2. The van der Waals surface area contributed by atoms with E-state index in [1.54, 1.807) is 35.0 Å². The van der Waals surface area contributed by atoms with Crippen molar-refractivity contribution < 1.29 is 23.8 Å². The lowest BCUT2D eigenvalue weighted by molar-refractivity contribution is -0.119. The Bertz CT molecular complexity index is 1350. The number of nitrogens with zero attached hydrogens (tertiary/aromatic N) is 2. The van der Waals surface area contributed by atoms with Crippen LogP contribution in [0.15, 0.2) is 48.5 Å². The quantitative estimate of drug-likeness (QED) is 0.376. The predicted molar refractivity (Wildman–Crippen MR) is 127 cm³/mol. The number of anilines is 1. The van der Waals surface area contributed by atoms with Crippen molar-refractivity contribution in [3.63, 3.8) is 0 Å². The van der Waals surface area contributed by atoms with Crippen molar-refractivity contribution in [2.24, 2.45) is 0 Å². The first kappa shape index (κ1) is 22.6. The molecule has 0 atom stereocenters. The minimum Gasteiger partial charge on any atom is -0.497 e. The number of para-hydroxylation sites is 1. The van der Waals surface area contributed by atoms with E-state index in [-0.39, 0.29) is 0 Å². The first-order chi connectivity index (χ1) is 15.9. The molecule has 0 aliphatic heterocycles. The van der Waals surface area contributed by atoms with Crippen LogP contribution < -0.4 is 14.8 Å². The lowest BCUT2D eigenvalue weighted by atomic mass is 10.2. The summed E-state index contributed by atoms with van der Waals surface area (Å²) in [5.41, 5.74) is 1.91. The number of benzene rings is 2. The Morgan fingerprint density at radius 2 is 1.91 bits per heavy atom. The third-order valence-corrected chi connectivity index (χ3v) is 6.25. The zero-order chi connectivity index (χ0) is 23.5. The summed E-state index contributed by atoms with van der Waals surface area (Å²) in [7, 11) is 3.02. The van der Waals surface area contributed by atoms with Crippen molar-refractivity contribution in [2.45, 2.75) is 6.92 Å². The van der Waals surface area contributed by atoms with E-state index < -0.39 is 18.5 Å². The van der Waals surface area contributed by atoms with Crippen molar-refractivity contribution in [3.05, 3.63) is 64.1 Å². The van der Waals surface area contributed by atoms with Crippen LogP contribution in [0.4, 0.5) is 5.69 Å². The van der Waals surface area contributed by atoms with Gasteiger partial charge in [-0.2, -0.15) is 5.10 Å². The van der Waals surface area contributed by atoms with Crippen molar-refractivity contribution in [2.75, 3.05) is 26.1 Å². The van der Waals surface area contributed by atoms with Crippen LogP contribution in [0.25, 0.3) is 15.9 Å². The predicted octanol–water partition coefficient (Wildman–Crippen LogP) is 4.86. The zero-order valence-corrected chi connectivity index (χ0v) is 19.6. The summed E-state index contributed by atoms with van der Waals surface area (Å²) < 4.78 is 17.3. The van der Waals surface area contributed by atoms with E-state index in [4.69, 9.17) is 25.8 Å². The van der Waals surface area contributed by atoms with Gasteiger partial charge in [0.1, 0.15) is 21.2 Å². The number of halogens is 1. The largest absolute Gasteiger partial charge is 0.497 e. The number of esters is 1. The maximum absolute atomic E-state index is 12.6. The molecule has 2 aromatic heterocycles. The van der Waals surface area contributed by atoms with Crippen molar-refractivity contribution >= 4 is 50.7 Å². The average molecular weight is 486 g/mol. The molecule has 170 valence electrons. The van der Waals surface area contributed by atoms with Crippen LogP contribution in [-0.2, 0) is 9.53 Å². The molecule has 4 rings (SSSR count). The molecule has 0 fully saturated rings. The second kappa shape index (κ2) is 9.51. The molecular weight excluding hydrogens is 466 g/mol. The number of nitrogens with one attached hydrogen (secondary N) is 1. The number of ether oxygens (including phenoxy) is 3. The SMILES string of the molecule is COc1ccc(NC(=O)COC(=O)c2cc3c(C)nn(-c4ccccc4Cl)c3s2)c(OC)c1. The molecular formula is C23H20ClN3O5S. The molecule has 0 radical (unpaired) electrons. The van der Waals surface area contributed by atoms with Gasteiger partial charge in [-0.25, -0.2) is 9.48 Å². The second-order valence-corrected chi connectivity index (χ2v) is 8.41. The topological polar surface area (TPSA) is 91.7 Å². The van der Waals surface area contributed by atoms with Gasteiger partial charge < -0.3 is 19.5 Å². The Labute approximate surface area is 198 Å². The number of rotatable bonds is 7. The first-order valence-electron chi connectivity index (χ1n) is 9.84. The van der Waals surface area contributed by atoms with Gasteiger partial charge in [0, 0.05) is 11.5 Å². The third kappa shape index (κ3) is 4.64. The highest BCUT2D eigenvalue weighted by molar-refractivity contribution is 7.20. The van der Waals surface area contributed by atoms with Crippen LogP contribution in [-0.4, -0.2) is 42.5 Å². The summed E-state index contributed by atoms with van der Waals surface area (Å²) in [6.45, 7) is 1.41. The zero-order valence-electron chi connectivity index (χ0n) is 18.0. The summed E-state index contributed by atoms with van der Waals surface area (Å²) in [5, 5.41) is 8.57. The lowest BCUT2D eigenvalue weighted by Crippen LogP contribution is -2.21. The van der Waals surface area contributed by atoms with Crippen LogP contribution in [0.2, 0.25) is 5.02 Å². The summed E-state index contributed by atoms with van der Waals surface area (Å²) in [5.74, 6) is -0.0747. The Hall–Kier alpha value is -3.56. The number of carbonyl (C=O) groups is 2. The molecule has 1 N–H and O–H groups in total. The number of aryl methyl sites for hydroxylation is 1. The van der Waals surface area contributed by atoms with E-state index in [9.17, 15) is 9.59 Å². The van der Waals surface area contributed by atoms with Gasteiger partial charge >= 0.3 is 5.97 Å². The van der Waals surface area contributed by atoms with Gasteiger partial charge in [0.2, 0.25) is 0 Å². The summed E-state index contributed by atoms with van der Waals surface area (Å²) in [6, 6.07) is 14.0. The number of hydrogen-bond donors (Lipinski definition) is 1. The van der Waals surface area contributed by atoms with Gasteiger partial charge in [-0.1, -0.05) is 23.7 Å². The maximum Gasteiger partial charge on any atom is 0.348 e. The van der Waals surface area contributed by atoms with E-state index in [1.807, 2.05) is 25.1 Å². The lowest BCUT2D eigenvalue weighted by Gasteiger charge is -2.11. The van der Waals surface area contributed by atoms with Gasteiger partial charge in [-0.15, -0.1) is 11.3 Å². The van der Waals surface area contributed by atoms with Gasteiger partial charge in [0.15, 0.2) is 6.61 Å². The van der Waals surface area contributed by atoms with E-state index >= 15 is 0 Å². The number of amides is 1. The van der Waals surface area contributed by atoms with Crippen molar-refractivity contribution in [1.29, 1.82) is 0 Å². The van der Waals surface area contributed by atoms with Crippen LogP contribution in [0.1, 0.15) is 15.4 Å². The maximum atomic E-state index is 12.6. The molecule has 0 aliphatic carbocycles. The van der Waals surface area contributed by atoms with E-state index in [0.29, 0.717) is 32.8 Å². The first-order valence-corrected chi connectivity index (χ1v) is 11.0. The molecule has 8 nitrogen and oxygen atoms in total. The molecule has 0 bridgehead atoms. The van der Waals surface area contributed by atoms with Crippen LogP contribution in [0.3, 0.4) is 0 Å². The fourth-order valence-electron chi connectivity index (χ4n) is 3.22. The van der Waals surface area contributed by atoms with Crippen molar-refractivity contribution in [1.82, 2.24) is 9.78 Å². The monoisotopic (exact) mass is 485 g/mol. The van der Waals surface area contributed by atoms with E-state index in [1.165, 1.54) is 25.6 Å². The minimum absolute atomic E-state index is 0.362. The highest BCUT2D eigenvalue weighted by Gasteiger charge is 2.20. The molecule has 0 aliphatic rings. The Balaban J connectivity index is 1.47. The van der Waals surface area contributed by atoms with E-state index in [0.717, 1.165) is 15.9 Å². The minimum atomic E-state index is -0.599. The molecule has 2 aromatic carbocycles. The molecule has 0 saturated carbocycles. The highest BCUT2D eigenvalue weighted by Crippen LogP contribution is 2.33. The standard InChI is InChI=1S/C23H20ClN3O5S/c1-13-15-11-20(33-22(15)27(26-13)18-7-5-4-6-16(18)24)23(29)32-12-21(28)25-17-9-8-14(30-2)10-19(17)31-3/h4-11H,12H2,1-3H3,(H,25,28). The molecule has 10 heteroatoms. The Morgan fingerprint density at radius 1 is 1.12 bits per heavy atom. The van der Waals surface area contributed by atoms with Crippen LogP contribution in [0.5, 0.6) is 11.5 Å². The van der Waals surface area contributed by atoms with E-state index in [2.05, 4.69) is 10.4 Å². The molecule has 0 spiro atoms. The molecule has 2 heterocycles. The number of thiophene rings is 1. The second-order valence-electron chi connectivity index (χ2n) is 6.97. The summed E-state index contributed by atoms with van der Waals surface area (Å²) >= 11 is 7.54. The fourth-order valence-corrected chi connectivity index (χ4v) is 4.51. The molecule has 4 aromatic rings. The number of hydrogen-bond acceptors (Lipinski definition) is 7. The Kier molecular flexibility index (Phi) is 6.52. The van der Waals surface area contributed by atoms with Gasteiger partial charge in [0.05, 0.1) is 36.3 Å². The fraction of sp³-hybridized carbons (Fsp3) is 0.174. The smallest absolute Gasteiger partial charge is 0.348 e. The van der Waals surface area contributed by atoms with Crippen molar-refractivity contribution in [3.8, 4) is 17.2 Å². The average Bonchev–Trinajstić information content (AvgIpc) is 3.39. The van der Waals surface area contributed by atoms with Crippen LogP contribution in [0, 0.1) is 6.92 Å². The summed E-state index contributed by atoms with van der Waals surface area (Å²) in [4.78, 5) is 26.1. The van der Waals surface area contributed by atoms with Gasteiger partial charge in [-0.05, 0) is 37.3 Å². The number of carbonyl (C=O) groups excluding carboxylic acids is 2. The number of aromatic nitrogens is 2. The molecule has 33 heavy (non-hydrogen) atoms. The highest BCUT2D eigenvalue weighted by atomic mass is 35.5. The molecule has 0 unspecified atom stereocenters. The third-order valence-electron chi connectivity index (χ3n) is 4.84. The Morgan fingerprint density at radius 3 is 2.64 bits per heavy atom. The van der Waals surface area contributed by atoms with Gasteiger partial charge in [0.25, 0.3) is 5.91 Å². The van der Waals surface area contributed by atoms with Crippen LogP contribution >= 0.6 is 22.9 Å². The molecule has 1 amide bonds. The normalized spacial score (nSPS) is 10.8.